The van der Waals surface area contributed by atoms with Crippen LogP contribution >= 0.6 is 15.9 Å². The monoisotopic (exact) mass is 322 g/mol. The van der Waals surface area contributed by atoms with Crippen molar-refractivity contribution in [1.29, 1.82) is 0 Å². The summed E-state index contributed by atoms with van der Waals surface area (Å²) in [7, 11) is 0. The molecular formula is C12H11BrN4O2. The number of oxime groups is 1. The quantitative estimate of drug-likeness (QED) is 0.388. The number of nitrogens with zero attached hydrogens (tertiary/aromatic N) is 3. The van der Waals surface area contributed by atoms with Crippen molar-refractivity contribution in [2.75, 3.05) is 0 Å². The SMILES string of the molecule is N/C(=N/O)c1ccnc(OCc2ccc(Br)cc2)n1. The van der Waals surface area contributed by atoms with Gasteiger partial charge in [-0.1, -0.05) is 33.2 Å². The molecule has 0 radical (unpaired) electrons. The van der Waals surface area contributed by atoms with E-state index in [1.54, 1.807) is 0 Å². The number of ether oxygens (including phenoxy) is 1. The molecule has 0 aliphatic carbocycles. The van der Waals surface area contributed by atoms with Crippen LogP contribution in [0.15, 0.2) is 46.2 Å². The second-order valence-corrected chi connectivity index (χ2v) is 4.54. The molecule has 1 aromatic heterocycles. The molecule has 0 aliphatic heterocycles. The highest BCUT2D eigenvalue weighted by Gasteiger charge is 2.04. The smallest absolute Gasteiger partial charge is 0.317 e. The standard InChI is InChI=1S/C12H11BrN4O2/c13-9-3-1-8(2-4-9)7-19-12-15-6-5-10(16-12)11(14)17-18/h1-6,18H,7H2,(H2,14,17). The van der Waals surface area contributed by atoms with Crippen molar-refractivity contribution >= 4 is 21.8 Å². The Morgan fingerprint density at radius 3 is 2.74 bits per heavy atom. The summed E-state index contributed by atoms with van der Waals surface area (Å²) in [6.45, 7) is 0.340. The minimum Gasteiger partial charge on any atom is -0.459 e. The fourth-order valence-electron chi connectivity index (χ4n) is 1.33. The van der Waals surface area contributed by atoms with Gasteiger partial charge in [-0.25, -0.2) is 4.98 Å². The van der Waals surface area contributed by atoms with E-state index < -0.39 is 0 Å². The zero-order valence-corrected chi connectivity index (χ0v) is 11.4. The van der Waals surface area contributed by atoms with Crippen LogP contribution in [0.2, 0.25) is 0 Å². The minimum atomic E-state index is -0.0871. The molecule has 0 aliphatic rings. The van der Waals surface area contributed by atoms with Crippen molar-refractivity contribution in [2.24, 2.45) is 10.9 Å². The third-order valence-electron chi connectivity index (χ3n) is 2.28. The van der Waals surface area contributed by atoms with Crippen molar-refractivity contribution < 1.29 is 9.94 Å². The van der Waals surface area contributed by atoms with E-state index in [1.165, 1.54) is 12.3 Å². The number of rotatable bonds is 4. The second kappa shape index (κ2) is 6.14. The van der Waals surface area contributed by atoms with Crippen LogP contribution in [0.25, 0.3) is 0 Å². The molecule has 1 heterocycles. The molecular weight excluding hydrogens is 312 g/mol. The van der Waals surface area contributed by atoms with E-state index in [9.17, 15) is 0 Å². The second-order valence-electron chi connectivity index (χ2n) is 3.62. The molecule has 0 atom stereocenters. The van der Waals surface area contributed by atoms with E-state index in [0.29, 0.717) is 12.3 Å². The lowest BCUT2D eigenvalue weighted by molar-refractivity contribution is 0.280. The van der Waals surface area contributed by atoms with Crippen LogP contribution in [-0.2, 0) is 6.61 Å². The summed E-state index contributed by atoms with van der Waals surface area (Å²) < 4.78 is 6.44. The van der Waals surface area contributed by atoms with Crippen molar-refractivity contribution in [3.63, 3.8) is 0 Å². The number of aromatic nitrogens is 2. The normalized spacial score (nSPS) is 11.3. The molecule has 98 valence electrons. The first kappa shape index (κ1) is 13.3. The molecule has 19 heavy (non-hydrogen) atoms. The average Bonchev–Trinajstić information content (AvgIpc) is 2.46. The van der Waals surface area contributed by atoms with Gasteiger partial charge in [-0.05, 0) is 23.8 Å². The summed E-state index contributed by atoms with van der Waals surface area (Å²) in [4.78, 5) is 7.97. The molecule has 0 unspecified atom stereocenters. The van der Waals surface area contributed by atoms with Crippen LogP contribution in [0, 0.1) is 0 Å². The molecule has 0 saturated carbocycles. The van der Waals surface area contributed by atoms with Crippen LogP contribution in [0.5, 0.6) is 6.01 Å². The van der Waals surface area contributed by atoms with Crippen LogP contribution in [0.4, 0.5) is 0 Å². The summed E-state index contributed by atoms with van der Waals surface area (Å²) in [5.74, 6) is -0.0871. The van der Waals surface area contributed by atoms with Gasteiger partial charge in [0.2, 0.25) is 0 Å². The van der Waals surface area contributed by atoms with Crippen LogP contribution in [0.1, 0.15) is 11.3 Å². The average molecular weight is 323 g/mol. The number of hydrogen-bond acceptors (Lipinski definition) is 5. The molecule has 2 rings (SSSR count). The molecule has 0 saturated heterocycles. The molecule has 0 bridgehead atoms. The maximum absolute atomic E-state index is 8.57. The summed E-state index contributed by atoms with van der Waals surface area (Å²) in [6.07, 6.45) is 1.48. The molecule has 3 N–H and O–H groups in total. The van der Waals surface area contributed by atoms with Crippen molar-refractivity contribution in [3.05, 3.63) is 52.3 Å². The summed E-state index contributed by atoms with van der Waals surface area (Å²) >= 11 is 3.36. The Balaban J connectivity index is 2.05. The zero-order valence-electron chi connectivity index (χ0n) is 9.82. The first-order valence-corrected chi connectivity index (χ1v) is 6.16. The Labute approximate surface area is 118 Å². The largest absolute Gasteiger partial charge is 0.459 e. The first-order valence-electron chi connectivity index (χ1n) is 5.37. The van der Waals surface area contributed by atoms with E-state index in [1.807, 2.05) is 24.3 Å². The van der Waals surface area contributed by atoms with Gasteiger partial charge >= 0.3 is 6.01 Å². The van der Waals surface area contributed by atoms with Crippen molar-refractivity contribution in [1.82, 2.24) is 9.97 Å². The van der Waals surface area contributed by atoms with E-state index >= 15 is 0 Å². The maximum Gasteiger partial charge on any atom is 0.317 e. The van der Waals surface area contributed by atoms with Crippen molar-refractivity contribution in [3.8, 4) is 6.01 Å². The van der Waals surface area contributed by atoms with E-state index in [4.69, 9.17) is 15.7 Å². The van der Waals surface area contributed by atoms with Gasteiger partial charge in [0.15, 0.2) is 5.84 Å². The third kappa shape index (κ3) is 3.65. The Morgan fingerprint density at radius 2 is 2.05 bits per heavy atom. The Hall–Kier alpha value is -2.15. The highest BCUT2D eigenvalue weighted by Crippen LogP contribution is 2.12. The van der Waals surface area contributed by atoms with Gasteiger partial charge < -0.3 is 15.7 Å². The van der Waals surface area contributed by atoms with Gasteiger partial charge in [0.25, 0.3) is 0 Å². The first-order chi connectivity index (χ1) is 9.19. The van der Waals surface area contributed by atoms with E-state index in [0.717, 1.165) is 10.0 Å². The van der Waals surface area contributed by atoms with Crippen LogP contribution in [-0.4, -0.2) is 21.0 Å². The number of benzene rings is 1. The van der Waals surface area contributed by atoms with Gasteiger partial charge in [0.05, 0.1) is 0 Å². The predicted octanol–water partition coefficient (Wildman–Crippen LogP) is 1.91. The highest BCUT2D eigenvalue weighted by atomic mass is 79.9. The number of nitrogens with two attached hydrogens (primary N) is 1. The van der Waals surface area contributed by atoms with Gasteiger partial charge in [-0.2, -0.15) is 4.98 Å². The molecule has 7 heteroatoms. The minimum absolute atomic E-state index is 0.0871. The Bertz CT molecular complexity index is 587. The Morgan fingerprint density at radius 1 is 1.32 bits per heavy atom. The maximum atomic E-state index is 8.57. The molecule has 6 nitrogen and oxygen atoms in total. The van der Waals surface area contributed by atoms with Crippen LogP contribution < -0.4 is 10.5 Å². The topological polar surface area (TPSA) is 93.6 Å². The lowest BCUT2D eigenvalue weighted by Gasteiger charge is -2.05. The van der Waals surface area contributed by atoms with E-state index in [2.05, 4.69) is 31.1 Å². The van der Waals surface area contributed by atoms with E-state index in [-0.39, 0.29) is 11.8 Å². The third-order valence-corrected chi connectivity index (χ3v) is 2.81. The van der Waals surface area contributed by atoms with Gasteiger partial charge in [-0.15, -0.1) is 0 Å². The van der Waals surface area contributed by atoms with Crippen molar-refractivity contribution in [2.45, 2.75) is 6.61 Å². The lowest BCUT2D eigenvalue weighted by atomic mass is 10.2. The predicted molar refractivity (Wildman–Crippen MR) is 73.0 cm³/mol. The van der Waals surface area contributed by atoms with Crippen LogP contribution in [0.3, 0.4) is 0 Å². The summed E-state index contributed by atoms with van der Waals surface area (Å²) in [6, 6.07) is 9.40. The molecule has 2 aromatic rings. The number of halogens is 1. The Kier molecular flexibility index (Phi) is 4.30. The fourth-order valence-corrected chi connectivity index (χ4v) is 1.60. The van der Waals surface area contributed by atoms with Gasteiger partial charge in [0.1, 0.15) is 12.3 Å². The van der Waals surface area contributed by atoms with Gasteiger partial charge in [0, 0.05) is 10.7 Å². The molecule has 1 aromatic carbocycles. The van der Waals surface area contributed by atoms with Gasteiger partial charge in [-0.3, -0.25) is 0 Å². The molecule has 0 fully saturated rings. The summed E-state index contributed by atoms with van der Waals surface area (Å²) in [5.41, 5.74) is 6.73. The molecule has 0 amide bonds. The fraction of sp³-hybridized carbons (Fsp3) is 0.0833. The summed E-state index contributed by atoms with van der Waals surface area (Å²) in [5, 5.41) is 11.4. The lowest BCUT2D eigenvalue weighted by Crippen LogP contribution is -2.15. The molecule has 0 spiro atoms. The number of amidine groups is 1. The highest BCUT2D eigenvalue weighted by molar-refractivity contribution is 9.10. The number of hydrogen-bond donors (Lipinski definition) is 2. The zero-order chi connectivity index (χ0) is 13.7.